The lowest BCUT2D eigenvalue weighted by molar-refractivity contribution is 0.109. The van der Waals surface area contributed by atoms with Gasteiger partial charge in [0.1, 0.15) is 0 Å². The molecule has 0 saturated carbocycles. The molecule has 0 N–H and O–H groups in total. The first-order valence-electron chi connectivity index (χ1n) is 7.78. The zero-order valence-electron chi connectivity index (χ0n) is 13.5. The molecule has 1 saturated heterocycles. The van der Waals surface area contributed by atoms with E-state index in [9.17, 15) is 0 Å². The van der Waals surface area contributed by atoms with Crippen LogP contribution in [-0.4, -0.2) is 37.0 Å². The average Bonchev–Trinajstić information content (AvgIpc) is 2.48. The smallest absolute Gasteiger partial charge is 0.161 e. The van der Waals surface area contributed by atoms with Gasteiger partial charge in [-0.25, -0.2) is 0 Å². The molecule has 1 aliphatic heterocycles. The van der Waals surface area contributed by atoms with Crippen LogP contribution >= 0.6 is 0 Å². The summed E-state index contributed by atoms with van der Waals surface area (Å²) in [5.41, 5.74) is 1.03. The molecule has 21 heavy (non-hydrogen) atoms. The lowest BCUT2D eigenvalue weighted by atomic mass is 10.00. The molecule has 0 aromatic heterocycles. The maximum atomic E-state index is 5.53. The fourth-order valence-corrected chi connectivity index (χ4v) is 2.81. The van der Waals surface area contributed by atoms with E-state index >= 15 is 0 Å². The average molecular weight is 290 g/mol. The molecule has 1 aromatic rings. The summed E-state index contributed by atoms with van der Waals surface area (Å²) in [5, 5.41) is 6.89. The van der Waals surface area contributed by atoms with E-state index in [0.29, 0.717) is 18.7 Å². The molecular formula is C17H26N2O2. The molecule has 4 nitrogen and oxygen atoms in total. The molecule has 2 rings (SSSR count). The molecule has 4 heteroatoms. The van der Waals surface area contributed by atoms with E-state index < -0.39 is 0 Å². The van der Waals surface area contributed by atoms with Gasteiger partial charge in [0, 0.05) is 12.1 Å². The Labute approximate surface area is 127 Å². The largest absolute Gasteiger partial charge is 0.493 e. The molecule has 2 atom stereocenters. The van der Waals surface area contributed by atoms with E-state index in [-0.39, 0.29) is 0 Å². The van der Waals surface area contributed by atoms with Crippen LogP contribution in [0.5, 0.6) is 11.5 Å². The predicted molar refractivity (Wildman–Crippen MR) is 86.4 cm³/mol. The zero-order valence-corrected chi connectivity index (χ0v) is 13.5. The second-order valence-corrected chi connectivity index (χ2v) is 5.60. The quantitative estimate of drug-likeness (QED) is 0.776. The van der Waals surface area contributed by atoms with Crippen LogP contribution in [0.2, 0.25) is 0 Å². The number of hydrogen-bond donors (Lipinski definition) is 0. The Morgan fingerprint density at radius 3 is 2.57 bits per heavy atom. The van der Waals surface area contributed by atoms with Crippen molar-refractivity contribution in [1.29, 1.82) is 0 Å². The first-order chi connectivity index (χ1) is 10.2. The molecule has 1 aliphatic rings. The third-order valence-electron chi connectivity index (χ3n) is 3.97. The minimum Gasteiger partial charge on any atom is -0.493 e. The number of nitrogens with zero attached hydrogens (tertiary/aromatic N) is 2. The first-order valence-corrected chi connectivity index (χ1v) is 7.78. The lowest BCUT2D eigenvalue weighted by Gasteiger charge is -2.36. The van der Waals surface area contributed by atoms with Crippen molar-refractivity contribution in [3.63, 3.8) is 0 Å². The third kappa shape index (κ3) is 3.90. The number of methoxy groups -OCH3 is 1. The van der Waals surface area contributed by atoms with Crippen molar-refractivity contribution >= 4 is 6.21 Å². The molecule has 0 bridgehead atoms. The number of hydrazone groups is 1. The molecular weight excluding hydrogens is 264 g/mol. The SMILES string of the molecule is CCOc1ccc(/C=N\N2[C@H](C)CCC[C@H]2C)cc1OC. The Morgan fingerprint density at radius 1 is 1.24 bits per heavy atom. The summed E-state index contributed by atoms with van der Waals surface area (Å²) in [6, 6.07) is 6.93. The van der Waals surface area contributed by atoms with Gasteiger partial charge in [-0.05, 0) is 63.8 Å². The van der Waals surface area contributed by atoms with E-state index in [4.69, 9.17) is 9.47 Å². The van der Waals surface area contributed by atoms with Gasteiger partial charge in [0.25, 0.3) is 0 Å². The van der Waals surface area contributed by atoms with Crippen LogP contribution < -0.4 is 9.47 Å². The van der Waals surface area contributed by atoms with Crippen molar-refractivity contribution in [2.45, 2.75) is 52.1 Å². The van der Waals surface area contributed by atoms with Gasteiger partial charge in [-0.15, -0.1) is 0 Å². The number of hydrogen-bond acceptors (Lipinski definition) is 4. The number of piperidine rings is 1. The Morgan fingerprint density at radius 2 is 1.95 bits per heavy atom. The molecule has 0 spiro atoms. The molecule has 1 fully saturated rings. The first kappa shape index (κ1) is 15.7. The Bertz CT molecular complexity index is 478. The van der Waals surface area contributed by atoms with E-state index in [2.05, 4.69) is 24.0 Å². The monoisotopic (exact) mass is 290 g/mol. The summed E-state index contributed by atoms with van der Waals surface area (Å²) in [5.74, 6) is 1.53. The van der Waals surface area contributed by atoms with Crippen molar-refractivity contribution < 1.29 is 9.47 Å². The van der Waals surface area contributed by atoms with Crippen LogP contribution in [0.1, 0.15) is 45.6 Å². The van der Waals surface area contributed by atoms with E-state index in [0.717, 1.165) is 17.1 Å². The van der Waals surface area contributed by atoms with Crippen LogP contribution in [0.15, 0.2) is 23.3 Å². The molecule has 0 unspecified atom stereocenters. The Kier molecular flexibility index (Phi) is 5.48. The molecule has 0 aliphatic carbocycles. The van der Waals surface area contributed by atoms with Crippen molar-refractivity contribution in [2.24, 2.45) is 5.10 Å². The van der Waals surface area contributed by atoms with Crippen molar-refractivity contribution in [3.8, 4) is 11.5 Å². The highest BCUT2D eigenvalue weighted by atomic mass is 16.5. The van der Waals surface area contributed by atoms with Gasteiger partial charge in [0.15, 0.2) is 11.5 Å². The Hall–Kier alpha value is -1.71. The maximum Gasteiger partial charge on any atom is 0.161 e. The van der Waals surface area contributed by atoms with Gasteiger partial charge in [-0.1, -0.05) is 0 Å². The summed E-state index contributed by atoms with van der Waals surface area (Å²) in [4.78, 5) is 0. The topological polar surface area (TPSA) is 34.1 Å². The number of rotatable bonds is 5. The lowest BCUT2D eigenvalue weighted by Crippen LogP contribution is -2.39. The zero-order chi connectivity index (χ0) is 15.2. The number of benzene rings is 1. The number of ether oxygens (including phenoxy) is 2. The van der Waals surface area contributed by atoms with Gasteiger partial charge >= 0.3 is 0 Å². The maximum absolute atomic E-state index is 5.53. The second-order valence-electron chi connectivity index (χ2n) is 5.60. The summed E-state index contributed by atoms with van der Waals surface area (Å²) >= 11 is 0. The van der Waals surface area contributed by atoms with Crippen LogP contribution in [-0.2, 0) is 0 Å². The molecule has 1 heterocycles. The van der Waals surface area contributed by atoms with Crippen molar-refractivity contribution in [2.75, 3.05) is 13.7 Å². The van der Waals surface area contributed by atoms with Crippen molar-refractivity contribution in [3.05, 3.63) is 23.8 Å². The van der Waals surface area contributed by atoms with Gasteiger partial charge in [0.05, 0.1) is 19.9 Å². The molecule has 1 aromatic carbocycles. The van der Waals surface area contributed by atoms with Gasteiger partial charge in [-0.2, -0.15) is 5.10 Å². The minimum atomic E-state index is 0.509. The van der Waals surface area contributed by atoms with Crippen LogP contribution in [0.25, 0.3) is 0 Å². The van der Waals surface area contributed by atoms with Crippen LogP contribution in [0.3, 0.4) is 0 Å². The summed E-state index contributed by atoms with van der Waals surface area (Å²) in [7, 11) is 1.66. The normalized spacial score (nSPS) is 22.6. The van der Waals surface area contributed by atoms with E-state index in [1.165, 1.54) is 19.3 Å². The summed E-state index contributed by atoms with van der Waals surface area (Å²) in [6.45, 7) is 7.08. The fraction of sp³-hybridized carbons (Fsp3) is 0.588. The predicted octanol–water partition coefficient (Wildman–Crippen LogP) is 3.69. The highest BCUT2D eigenvalue weighted by Crippen LogP contribution is 2.28. The highest BCUT2D eigenvalue weighted by Gasteiger charge is 2.22. The highest BCUT2D eigenvalue weighted by molar-refractivity contribution is 5.80. The van der Waals surface area contributed by atoms with Crippen LogP contribution in [0, 0.1) is 0 Å². The summed E-state index contributed by atoms with van der Waals surface area (Å²) in [6.07, 6.45) is 5.64. The standard InChI is InChI=1S/C17H26N2O2/c1-5-21-16-10-9-15(11-17(16)20-4)12-18-19-13(2)7-6-8-14(19)3/h9-14H,5-8H2,1-4H3/b18-12-/t13-,14-/m1/s1. The molecule has 0 radical (unpaired) electrons. The van der Waals surface area contributed by atoms with Gasteiger partial charge < -0.3 is 9.47 Å². The van der Waals surface area contributed by atoms with Crippen molar-refractivity contribution in [1.82, 2.24) is 5.01 Å². The fourth-order valence-electron chi connectivity index (χ4n) is 2.81. The Balaban J connectivity index is 2.13. The van der Waals surface area contributed by atoms with E-state index in [1.54, 1.807) is 7.11 Å². The third-order valence-corrected chi connectivity index (χ3v) is 3.97. The van der Waals surface area contributed by atoms with Gasteiger partial charge in [-0.3, -0.25) is 5.01 Å². The van der Waals surface area contributed by atoms with E-state index in [1.807, 2.05) is 31.3 Å². The molecule has 116 valence electrons. The van der Waals surface area contributed by atoms with Gasteiger partial charge in [0.2, 0.25) is 0 Å². The minimum absolute atomic E-state index is 0.509. The molecule has 0 amide bonds. The van der Waals surface area contributed by atoms with Crippen LogP contribution in [0.4, 0.5) is 0 Å². The second kappa shape index (κ2) is 7.34. The summed E-state index contributed by atoms with van der Waals surface area (Å²) < 4.78 is 10.9.